The van der Waals surface area contributed by atoms with Crippen LogP contribution < -0.4 is 10.5 Å². The standard InChI is InChI=1S/C10H12ClN3O3/c11-7-4-6(14(15)16)5-13-10(7)17-9-3-1-2-8(9)12/h4-5,8-9H,1-3,12H2. The molecule has 0 aliphatic heterocycles. The first-order chi connectivity index (χ1) is 8.08. The molecule has 1 aromatic rings. The van der Waals surface area contributed by atoms with Gasteiger partial charge in [0.05, 0.1) is 4.92 Å². The Morgan fingerprint density at radius 3 is 2.88 bits per heavy atom. The van der Waals surface area contributed by atoms with E-state index in [1.807, 2.05) is 0 Å². The van der Waals surface area contributed by atoms with Gasteiger partial charge in [0.25, 0.3) is 5.69 Å². The van der Waals surface area contributed by atoms with Gasteiger partial charge in [0.1, 0.15) is 17.3 Å². The summed E-state index contributed by atoms with van der Waals surface area (Å²) in [6.07, 6.45) is 3.80. The van der Waals surface area contributed by atoms with E-state index in [9.17, 15) is 10.1 Å². The summed E-state index contributed by atoms with van der Waals surface area (Å²) < 4.78 is 5.56. The second kappa shape index (κ2) is 4.85. The first kappa shape index (κ1) is 12.1. The summed E-state index contributed by atoms with van der Waals surface area (Å²) in [6, 6.07) is 1.20. The van der Waals surface area contributed by atoms with E-state index in [0.29, 0.717) is 0 Å². The molecule has 1 aliphatic carbocycles. The molecule has 7 heteroatoms. The molecule has 2 N–H and O–H groups in total. The third-order valence-electron chi connectivity index (χ3n) is 2.77. The summed E-state index contributed by atoms with van der Waals surface area (Å²) >= 11 is 5.87. The highest BCUT2D eigenvalue weighted by atomic mass is 35.5. The minimum atomic E-state index is -0.552. The number of rotatable bonds is 3. The molecule has 2 atom stereocenters. The Hall–Kier alpha value is -1.40. The maximum atomic E-state index is 10.5. The zero-order valence-corrected chi connectivity index (χ0v) is 9.76. The van der Waals surface area contributed by atoms with Crippen LogP contribution in [0.1, 0.15) is 19.3 Å². The van der Waals surface area contributed by atoms with Crippen molar-refractivity contribution >= 4 is 17.3 Å². The largest absolute Gasteiger partial charge is 0.472 e. The molecule has 1 saturated carbocycles. The Bertz CT molecular complexity index is 441. The minimum absolute atomic E-state index is 0.0249. The van der Waals surface area contributed by atoms with Gasteiger partial charge in [0, 0.05) is 12.1 Å². The molecule has 1 heterocycles. The van der Waals surface area contributed by atoms with E-state index >= 15 is 0 Å². The van der Waals surface area contributed by atoms with Crippen molar-refractivity contribution in [2.24, 2.45) is 5.73 Å². The maximum Gasteiger partial charge on any atom is 0.289 e. The lowest BCUT2D eigenvalue weighted by Crippen LogP contribution is -2.33. The predicted molar refractivity (Wildman–Crippen MR) is 62.1 cm³/mol. The number of hydrogen-bond donors (Lipinski definition) is 1. The maximum absolute atomic E-state index is 10.5. The fraction of sp³-hybridized carbons (Fsp3) is 0.500. The summed E-state index contributed by atoms with van der Waals surface area (Å²) in [5, 5.41) is 10.6. The number of nitrogens with two attached hydrogens (primary N) is 1. The zero-order chi connectivity index (χ0) is 12.4. The van der Waals surface area contributed by atoms with Crippen LogP contribution in [0.3, 0.4) is 0 Å². The zero-order valence-electron chi connectivity index (χ0n) is 9.01. The second-order valence-corrected chi connectivity index (χ2v) is 4.40. The van der Waals surface area contributed by atoms with Gasteiger partial charge in [-0.2, -0.15) is 0 Å². The van der Waals surface area contributed by atoms with Crippen LogP contribution in [0.15, 0.2) is 12.3 Å². The molecule has 0 saturated heterocycles. The predicted octanol–water partition coefficient (Wildman–Crippen LogP) is 1.90. The van der Waals surface area contributed by atoms with E-state index in [4.69, 9.17) is 22.1 Å². The smallest absolute Gasteiger partial charge is 0.289 e. The molecule has 1 aliphatic rings. The van der Waals surface area contributed by atoms with Crippen LogP contribution in [-0.4, -0.2) is 22.1 Å². The van der Waals surface area contributed by atoms with Gasteiger partial charge >= 0.3 is 0 Å². The van der Waals surface area contributed by atoms with Gasteiger partial charge in [-0.15, -0.1) is 0 Å². The lowest BCUT2D eigenvalue weighted by Gasteiger charge is -2.17. The van der Waals surface area contributed by atoms with Crippen LogP contribution in [0.5, 0.6) is 5.88 Å². The van der Waals surface area contributed by atoms with Crippen molar-refractivity contribution in [3.8, 4) is 5.88 Å². The quantitative estimate of drug-likeness (QED) is 0.660. The van der Waals surface area contributed by atoms with E-state index in [2.05, 4.69) is 4.98 Å². The third kappa shape index (κ3) is 2.65. The van der Waals surface area contributed by atoms with Gasteiger partial charge in [-0.1, -0.05) is 11.6 Å². The Labute approximate surface area is 103 Å². The normalized spacial score (nSPS) is 23.6. The SMILES string of the molecule is NC1CCCC1Oc1ncc([N+](=O)[O-])cc1Cl. The molecule has 0 radical (unpaired) electrons. The van der Waals surface area contributed by atoms with Crippen LogP contribution in [-0.2, 0) is 0 Å². The van der Waals surface area contributed by atoms with Crippen molar-refractivity contribution in [2.45, 2.75) is 31.4 Å². The fourth-order valence-corrected chi connectivity index (χ4v) is 2.05. The summed E-state index contributed by atoms with van der Waals surface area (Å²) in [5.41, 5.74) is 5.70. The summed E-state index contributed by atoms with van der Waals surface area (Å²) in [7, 11) is 0. The highest BCUT2D eigenvalue weighted by Gasteiger charge is 2.27. The molecule has 1 aromatic heterocycles. The molecule has 2 rings (SSSR count). The molecular formula is C10H12ClN3O3. The summed E-state index contributed by atoms with van der Waals surface area (Å²) in [4.78, 5) is 13.8. The molecule has 1 fully saturated rings. The average Bonchev–Trinajstić information content (AvgIpc) is 2.67. The van der Waals surface area contributed by atoms with Crippen molar-refractivity contribution in [1.29, 1.82) is 0 Å². The van der Waals surface area contributed by atoms with Gasteiger partial charge < -0.3 is 10.5 Å². The molecule has 0 bridgehead atoms. The number of ether oxygens (including phenoxy) is 1. The van der Waals surface area contributed by atoms with Crippen LogP contribution in [0, 0.1) is 10.1 Å². The topological polar surface area (TPSA) is 91.3 Å². The van der Waals surface area contributed by atoms with Crippen LogP contribution >= 0.6 is 11.6 Å². The Balaban J connectivity index is 2.14. The van der Waals surface area contributed by atoms with Crippen molar-refractivity contribution in [1.82, 2.24) is 4.98 Å². The van der Waals surface area contributed by atoms with E-state index < -0.39 is 4.92 Å². The fourth-order valence-electron chi connectivity index (χ4n) is 1.85. The van der Waals surface area contributed by atoms with Gasteiger partial charge in [-0.3, -0.25) is 10.1 Å². The summed E-state index contributed by atoms with van der Waals surface area (Å²) in [5.74, 6) is 0.208. The monoisotopic (exact) mass is 257 g/mol. The van der Waals surface area contributed by atoms with Crippen molar-refractivity contribution in [2.75, 3.05) is 0 Å². The molecule has 0 aromatic carbocycles. The number of aromatic nitrogens is 1. The van der Waals surface area contributed by atoms with Gasteiger partial charge in [0.15, 0.2) is 0 Å². The molecule has 92 valence electrons. The van der Waals surface area contributed by atoms with Crippen molar-refractivity contribution in [3.05, 3.63) is 27.4 Å². The number of nitrogens with zero attached hydrogens (tertiary/aromatic N) is 2. The van der Waals surface area contributed by atoms with Crippen molar-refractivity contribution < 1.29 is 9.66 Å². The van der Waals surface area contributed by atoms with Crippen LogP contribution in [0.4, 0.5) is 5.69 Å². The molecule has 0 spiro atoms. The molecule has 17 heavy (non-hydrogen) atoms. The second-order valence-electron chi connectivity index (χ2n) is 3.99. The van der Waals surface area contributed by atoms with Gasteiger partial charge in [0.2, 0.25) is 5.88 Å². The van der Waals surface area contributed by atoms with Crippen molar-refractivity contribution in [3.63, 3.8) is 0 Å². The Morgan fingerprint density at radius 1 is 1.59 bits per heavy atom. The van der Waals surface area contributed by atoms with E-state index in [1.165, 1.54) is 6.07 Å². The van der Waals surface area contributed by atoms with Gasteiger partial charge in [-0.25, -0.2) is 4.98 Å². The van der Waals surface area contributed by atoms with Crippen LogP contribution in [0.25, 0.3) is 0 Å². The third-order valence-corrected chi connectivity index (χ3v) is 3.04. The number of hydrogen-bond acceptors (Lipinski definition) is 5. The highest BCUT2D eigenvalue weighted by Crippen LogP contribution is 2.29. The van der Waals surface area contributed by atoms with E-state index in [1.54, 1.807) is 0 Å². The minimum Gasteiger partial charge on any atom is -0.472 e. The van der Waals surface area contributed by atoms with Crippen LogP contribution in [0.2, 0.25) is 5.02 Å². The first-order valence-corrected chi connectivity index (χ1v) is 5.68. The number of nitro groups is 1. The number of pyridine rings is 1. The molecule has 6 nitrogen and oxygen atoms in total. The Morgan fingerprint density at radius 2 is 2.35 bits per heavy atom. The average molecular weight is 258 g/mol. The van der Waals surface area contributed by atoms with E-state index in [0.717, 1.165) is 25.5 Å². The summed E-state index contributed by atoms with van der Waals surface area (Å²) in [6.45, 7) is 0. The number of halogens is 1. The first-order valence-electron chi connectivity index (χ1n) is 5.30. The van der Waals surface area contributed by atoms with E-state index in [-0.39, 0.29) is 28.7 Å². The molecule has 0 amide bonds. The van der Waals surface area contributed by atoms with Gasteiger partial charge in [-0.05, 0) is 19.3 Å². The lowest BCUT2D eigenvalue weighted by atomic mass is 10.2. The molecule has 2 unspecified atom stereocenters. The highest BCUT2D eigenvalue weighted by molar-refractivity contribution is 6.32. The Kier molecular flexibility index (Phi) is 3.44. The molecular weight excluding hydrogens is 246 g/mol. The lowest BCUT2D eigenvalue weighted by molar-refractivity contribution is -0.385.